The van der Waals surface area contributed by atoms with Crippen molar-refractivity contribution < 1.29 is 19.4 Å². The fourth-order valence-corrected chi connectivity index (χ4v) is 7.31. The molecule has 0 unspecified atom stereocenters. The number of aliphatic hydroxyl groups is 1. The Kier molecular flexibility index (Phi) is 8.61. The largest absolute Gasteiger partial charge is 0.465 e. The van der Waals surface area contributed by atoms with Gasteiger partial charge in [0.1, 0.15) is 5.00 Å². The van der Waals surface area contributed by atoms with Crippen LogP contribution in [0, 0.1) is 19.8 Å². The van der Waals surface area contributed by atoms with Crippen molar-refractivity contribution in [1.82, 2.24) is 4.90 Å². The fourth-order valence-electron chi connectivity index (χ4n) is 6.25. The fraction of sp³-hybridized carbons (Fsp3) is 0.586. The van der Waals surface area contributed by atoms with Gasteiger partial charge in [0.05, 0.1) is 24.8 Å². The topological polar surface area (TPSA) is 82.1 Å². The smallest absolute Gasteiger partial charge is 0.341 e. The van der Waals surface area contributed by atoms with Gasteiger partial charge in [-0.25, -0.2) is 4.79 Å². The summed E-state index contributed by atoms with van der Waals surface area (Å²) < 4.78 is 4.97. The predicted octanol–water partition coefficient (Wildman–Crippen LogP) is 5.30. The summed E-state index contributed by atoms with van der Waals surface area (Å²) in [5, 5.41) is 15.1. The molecule has 2 fully saturated rings. The molecule has 1 aliphatic heterocycles. The van der Waals surface area contributed by atoms with Gasteiger partial charge in [0.15, 0.2) is 0 Å². The number of aryl methyl sites for hydroxylation is 1. The monoisotopic (exact) mass is 527 g/mol. The molecule has 2 aromatic rings. The number of methoxy groups -OCH3 is 1. The number of nitrogens with zero attached hydrogens (tertiary/aromatic N) is 2. The van der Waals surface area contributed by atoms with Gasteiger partial charge in [-0.15, -0.1) is 11.3 Å². The molecule has 1 saturated carbocycles. The number of carbonyl (C=O) groups is 2. The first-order valence-corrected chi connectivity index (χ1v) is 14.3. The van der Waals surface area contributed by atoms with Gasteiger partial charge < -0.3 is 20.1 Å². The van der Waals surface area contributed by atoms with E-state index >= 15 is 0 Å². The zero-order valence-electron chi connectivity index (χ0n) is 22.8. The number of fused-ring (bicyclic) bond motifs is 1. The van der Waals surface area contributed by atoms with Crippen molar-refractivity contribution in [2.45, 2.75) is 71.4 Å². The number of piperidine rings is 1. The van der Waals surface area contributed by atoms with Crippen LogP contribution in [-0.4, -0.2) is 60.8 Å². The van der Waals surface area contributed by atoms with Crippen LogP contribution in [0.2, 0.25) is 0 Å². The lowest BCUT2D eigenvalue weighted by molar-refractivity contribution is -0.135. The quantitative estimate of drug-likeness (QED) is 0.453. The van der Waals surface area contributed by atoms with E-state index in [-0.39, 0.29) is 24.4 Å². The molecule has 2 heterocycles. The third kappa shape index (κ3) is 5.56. The first-order chi connectivity index (χ1) is 17.7. The minimum atomic E-state index is -0.687. The zero-order chi connectivity index (χ0) is 26.7. The van der Waals surface area contributed by atoms with Gasteiger partial charge in [0.25, 0.3) is 0 Å². The van der Waals surface area contributed by atoms with E-state index in [1.54, 1.807) is 0 Å². The lowest BCUT2D eigenvalue weighted by atomic mass is 9.66. The van der Waals surface area contributed by atoms with Crippen molar-refractivity contribution in [3.63, 3.8) is 0 Å². The van der Waals surface area contributed by atoms with E-state index in [9.17, 15) is 14.7 Å². The third-order valence-corrected chi connectivity index (χ3v) is 9.53. The number of esters is 1. The van der Waals surface area contributed by atoms with Gasteiger partial charge in [-0.1, -0.05) is 25.0 Å². The van der Waals surface area contributed by atoms with Crippen molar-refractivity contribution in [2.75, 3.05) is 43.5 Å². The van der Waals surface area contributed by atoms with E-state index in [1.165, 1.54) is 24.1 Å². The van der Waals surface area contributed by atoms with Crippen LogP contribution in [0.1, 0.15) is 78.4 Å². The van der Waals surface area contributed by atoms with Crippen LogP contribution in [-0.2, 0) is 9.53 Å². The van der Waals surface area contributed by atoms with Crippen LogP contribution in [0.25, 0.3) is 0 Å². The van der Waals surface area contributed by atoms with Crippen molar-refractivity contribution in [1.29, 1.82) is 0 Å². The highest BCUT2D eigenvalue weighted by Crippen LogP contribution is 2.49. The summed E-state index contributed by atoms with van der Waals surface area (Å²) in [6, 6.07) is 8.63. The number of rotatable bonds is 8. The minimum Gasteiger partial charge on any atom is -0.465 e. The molecule has 202 valence electrons. The highest BCUT2D eigenvalue weighted by Gasteiger charge is 2.49. The Bertz CT molecular complexity index is 1110. The van der Waals surface area contributed by atoms with Gasteiger partial charge in [0.2, 0.25) is 5.91 Å². The molecule has 0 bridgehead atoms. The molecule has 1 amide bonds. The summed E-state index contributed by atoms with van der Waals surface area (Å²) in [5.41, 5.74) is 2.91. The molecule has 8 heteroatoms. The normalized spacial score (nSPS) is 23.8. The number of amides is 1. The first kappa shape index (κ1) is 27.6. The minimum absolute atomic E-state index is 0.0394. The van der Waals surface area contributed by atoms with E-state index in [1.807, 2.05) is 13.8 Å². The Labute approximate surface area is 224 Å². The second kappa shape index (κ2) is 11.5. The highest BCUT2D eigenvalue weighted by atomic mass is 32.1. The number of carbonyl (C=O) groups excluding carboxylic acids is 2. The number of likely N-dealkylation sites (tertiary alicyclic amines) is 1. The average molecular weight is 528 g/mol. The standard InChI is InChI=1S/C29H41N3O4S/c1-6-31(7-2)22-13-11-21(12-14-22)26-23-10-8-9-15-29(23,35)16-17-32(26)18-24(33)30-27-25(28(34)36-5)19(3)20(4)37-27/h11-14,23,26,35H,6-10,15-18H2,1-5H3,(H,30,33)/t23-,26+,29-/m1/s1. The van der Waals surface area contributed by atoms with Crippen LogP contribution in [0.3, 0.4) is 0 Å². The lowest BCUT2D eigenvalue weighted by Crippen LogP contribution is -2.56. The molecule has 37 heavy (non-hydrogen) atoms. The number of benzene rings is 1. The summed E-state index contributed by atoms with van der Waals surface area (Å²) in [4.78, 5) is 31.2. The van der Waals surface area contributed by atoms with Crippen LogP contribution >= 0.6 is 11.3 Å². The van der Waals surface area contributed by atoms with Gasteiger partial charge >= 0.3 is 5.97 Å². The molecular weight excluding hydrogens is 486 g/mol. The van der Waals surface area contributed by atoms with E-state index in [4.69, 9.17) is 4.74 Å². The predicted molar refractivity (Wildman–Crippen MR) is 150 cm³/mol. The van der Waals surface area contributed by atoms with E-state index in [2.05, 4.69) is 53.2 Å². The van der Waals surface area contributed by atoms with Crippen molar-refractivity contribution in [2.24, 2.45) is 5.92 Å². The molecule has 2 aliphatic rings. The van der Waals surface area contributed by atoms with Gasteiger partial charge in [-0.3, -0.25) is 9.69 Å². The number of nitrogens with one attached hydrogen (secondary N) is 1. The Morgan fingerprint density at radius 1 is 1.16 bits per heavy atom. The number of hydrogen-bond acceptors (Lipinski definition) is 7. The Morgan fingerprint density at radius 3 is 2.51 bits per heavy atom. The first-order valence-electron chi connectivity index (χ1n) is 13.5. The van der Waals surface area contributed by atoms with Gasteiger partial charge in [0, 0.05) is 42.2 Å². The molecule has 3 atom stereocenters. The number of ether oxygens (including phenoxy) is 1. The lowest BCUT2D eigenvalue weighted by Gasteiger charge is -2.52. The number of thiophene rings is 1. The molecule has 7 nitrogen and oxygen atoms in total. The molecule has 1 aromatic carbocycles. The number of hydrogen-bond donors (Lipinski definition) is 2. The summed E-state index contributed by atoms with van der Waals surface area (Å²) in [6.45, 7) is 10.9. The highest BCUT2D eigenvalue weighted by molar-refractivity contribution is 7.16. The van der Waals surface area contributed by atoms with Crippen molar-refractivity contribution >= 4 is 33.9 Å². The number of anilines is 2. The van der Waals surface area contributed by atoms with Crippen LogP contribution in [0.15, 0.2) is 24.3 Å². The average Bonchev–Trinajstić information content (AvgIpc) is 3.17. The summed E-state index contributed by atoms with van der Waals surface area (Å²) >= 11 is 1.40. The third-order valence-electron chi connectivity index (χ3n) is 8.41. The molecule has 1 saturated heterocycles. The van der Waals surface area contributed by atoms with E-state index in [0.717, 1.165) is 54.8 Å². The molecule has 0 spiro atoms. The molecular formula is C29H41N3O4S. The van der Waals surface area contributed by atoms with Gasteiger partial charge in [-0.05, 0) is 70.2 Å². The van der Waals surface area contributed by atoms with Crippen LogP contribution < -0.4 is 10.2 Å². The van der Waals surface area contributed by atoms with E-state index < -0.39 is 11.6 Å². The molecule has 4 rings (SSSR count). The van der Waals surface area contributed by atoms with Crippen molar-refractivity contribution in [3.8, 4) is 0 Å². The molecule has 0 radical (unpaired) electrons. The van der Waals surface area contributed by atoms with Crippen molar-refractivity contribution in [3.05, 3.63) is 45.8 Å². The summed E-state index contributed by atoms with van der Waals surface area (Å²) in [5.74, 6) is -0.509. The molecule has 1 aliphatic carbocycles. The SMILES string of the molecule is CCN(CC)c1ccc([C@H]2[C@H]3CCCC[C@@]3(O)CCN2CC(=O)Nc2sc(C)c(C)c2C(=O)OC)cc1. The summed E-state index contributed by atoms with van der Waals surface area (Å²) in [6.07, 6.45) is 4.59. The Balaban J connectivity index is 1.60. The zero-order valence-corrected chi connectivity index (χ0v) is 23.6. The molecule has 2 N–H and O–H groups in total. The second-order valence-electron chi connectivity index (χ2n) is 10.4. The second-order valence-corrected chi connectivity index (χ2v) is 11.6. The van der Waals surface area contributed by atoms with Crippen LogP contribution in [0.5, 0.6) is 0 Å². The van der Waals surface area contributed by atoms with E-state index in [0.29, 0.717) is 23.5 Å². The summed E-state index contributed by atoms with van der Waals surface area (Å²) in [7, 11) is 1.36. The Hall–Kier alpha value is -2.42. The maximum Gasteiger partial charge on any atom is 0.341 e. The maximum atomic E-state index is 13.3. The van der Waals surface area contributed by atoms with Gasteiger partial charge in [-0.2, -0.15) is 0 Å². The molecule has 1 aromatic heterocycles. The van der Waals surface area contributed by atoms with Crippen LogP contribution in [0.4, 0.5) is 10.7 Å². The maximum absolute atomic E-state index is 13.3. The Morgan fingerprint density at radius 2 is 1.86 bits per heavy atom.